The highest BCUT2D eigenvalue weighted by molar-refractivity contribution is 6.33. The molecule has 1 aromatic carbocycles. The average Bonchev–Trinajstić information content (AvgIpc) is 3.18. The molecule has 4 rings (SSSR count). The molecule has 3 N–H and O–H groups in total. The molecule has 1 saturated heterocycles. The lowest BCUT2D eigenvalue weighted by Crippen LogP contribution is -2.33. The predicted molar refractivity (Wildman–Crippen MR) is 140 cm³/mol. The van der Waals surface area contributed by atoms with Crippen LogP contribution in [0, 0.1) is 20.8 Å². The Morgan fingerprint density at radius 2 is 2.06 bits per heavy atom. The van der Waals surface area contributed by atoms with Crippen LogP contribution in [0.2, 0.25) is 5.02 Å². The predicted octanol–water partition coefficient (Wildman–Crippen LogP) is 4.32. The largest absolute Gasteiger partial charge is 0.491 e. The number of hydrogen-bond acceptors (Lipinski definition) is 9. The first-order valence-corrected chi connectivity index (χ1v) is 12.6. The molecule has 0 aliphatic carbocycles. The molecule has 3 aromatic rings. The third kappa shape index (κ3) is 5.98. The summed E-state index contributed by atoms with van der Waals surface area (Å²) in [5.74, 6) is 2.46. The van der Waals surface area contributed by atoms with E-state index in [-0.39, 0.29) is 18.8 Å². The number of aryl methyl sites for hydroxylation is 2. The first-order valence-electron chi connectivity index (χ1n) is 12.2. The molecule has 0 bridgehead atoms. The van der Waals surface area contributed by atoms with E-state index in [0.29, 0.717) is 41.1 Å². The molecule has 36 heavy (non-hydrogen) atoms. The Morgan fingerprint density at radius 1 is 1.25 bits per heavy atom. The number of hydrogen-bond donors (Lipinski definition) is 3. The topological polar surface area (TPSA) is 115 Å². The van der Waals surface area contributed by atoms with Gasteiger partial charge in [0.2, 0.25) is 0 Å². The summed E-state index contributed by atoms with van der Waals surface area (Å²) in [4.78, 5) is 9.83. The number of aromatic nitrogens is 3. The van der Waals surface area contributed by atoms with Crippen LogP contribution in [0.15, 0.2) is 22.7 Å². The zero-order valence-corrected chi connectivity index (χ0v) is 22.1. The van der Waals surface area contributed by atoms with Gasteiger partial charge in [-0.3, -0.25) is 0 Å². The zero-order valence-electron chi connectivity index (χ0n) is 21.4. The molecule has 194 valence electrons. The quantitative estimate of drug-likeness (QED) is 0.383. The minimum atomic E-state index is -0.631. The first kappa shape index (κ1) is 26.3. The minimum Gasteiger partial charge on any atom is -0.491 e. The zero-order chi connectivity index (χ0) is 25.8. The van der Waals surface area contributed by atoms with Crippen LogP contribution in [0.3, 0.4) is 0 Å². The van der Waals surface area contributed by atoms with Gasteiger partial charge in [0.15, 0.2) is 5.82 Å². The molecular weight excluding hydrogens is 482 g/mol. The molecule has 3 heterocycles. The van der Waals surface area contributed by atoms with Gasteiger partial charge in [0.25, 0.3) is 0 Å². The number of aliphatic hydroxyl groups excluding tert-OH is 1. The molecule has 0 saturated carbocycles. The summed E-state index contributed by atoms with van der Waals surface area (Å²) in [6.07, 6.45) is 1.33. The molecule has 0 radical (unpaired) electrons. The van der Waals surface area contributed by atoms with Crippen molar-refractivity contribution in [1.29, 1.82) is 0 Å². The van der Waals surface area contributed by atoms with Gasteiger partial charge in [-0.15, -0.1) is 0 Å². The summed E-state index contributed by atoms with van der Waals surface area (Å²) < 4.78 is 17.0. The van der Waals surface area contributed by atoms with Crippen LogP contribution in [0.4, 0.5) is 5.82 Å². The van der Waals surface area contributed by atoms with Gasteiger partial charge < -0.3 is 29.7 Å². The summed E-state index contributed by atoms with van der Waals surface area (Å²) in [6.45, 7) is 9.15. The molecule has 0 unspecified atom stereocenters. The van der Waals surface area contributed by atoms with Gasteiger partial charge in [-0.05, 0) is 65.8 Å². The standard InChI is InChI=1S/C26H34ClN5O4/c1-14-10-18(8-9-34-14)29-25-15(2)24(23-16(3)32-36-17(23)4)30-26(31-25)21-11-20(6-7-22(21)27)35-13-19(33)12-28-5/h6-7,11,14,18-19,28,33H,8-10,12-13H2,1-5H3,(H,29,30,31)/t14-,18+,19+/m0/s1. The molecule has 0 spiro atoms. The number of nitrogens with one attached hydrogen (secondary N) is 2. The van der Waals surface area contributed by atoms with E-state index in [1.54, 1.807) is 25.2 Å². The second kappa shape index (κ2) is 11.6. The van der Waals surface area contributed by atoms with Gasteiger partial charge in [0, 0.05) is 30.3 Å². The maximum absolute atomic E-state index is 10.0. The summed E-state index contributed by atoms with van der Waals surface area (Å²) in [5.41, 5.74) is 3.89. The highest BCUT2D eigenvalue weighted by atomic mass is 35.5. The fraction of sp³-hybridized carbons (Fsp3) is 0.500. The van der Waals surface area contributed by atoms with Crippen molar-refractivity contribution in [1.82, 2.24) is 20.4 Å². The Labute approximate surface area is 216 Å². The highest BCUT2D eigenvalue weighted by Gasteiger charge is 2.25. The SMILES string of the molecule is CNC[C@@H](O)COc1ccc(Cl)c(-c2nc(N[C@@H]3CCO[C@@H](C)C3)c(C)c(-c3c(C)noc3C)n2)c1. The summed E-state index contributed by atoms with van der Waals surface area (Å²) >= 11 is 6.62. The number of anilines is 1. The number of aliphatic hydroxyl groups is 1. The van der Waals surface area contributed by atoms with E-state index in [4.69, 9.17) is 35.6 Å². The van der Waals surface area contributed by atoms with Gasteiger partial charge >= 0.3 is 0 Å². The second-order valence-electron chi connectivity index (χ2n) is 9.28. The fourth-order valence-electron chi connectivity index (χ4n) is 4.42. The van der Waals surface area contributed by atoms with Crippen LogP contribution in [0.1, 0.15) is 36.8 Å². The van der Waals surface area contributed by atoms with Gasteiger partial charge in [-0.1, -0.05) is 16.8 Å². The van der Waals surface area contributed by atoms with Crippen LogP contribution in [0.25, 0.3) is 22.6 Å². The molecule has 1 aliphatic rings. The Kier molecular flexibility index (Phi) is 8.46. The number of ether oxygens (including phenoxy) is 2. The van der Waals surface area contributed by atoms with E-state index < -0.39 is 6.10 Å². The highest BCUT2D eigenvalue weighted by Crippen LogP contribution is 2.36. The van der Waals surface area contributed by atoms with Crippen molar-refractivity contribution in [3.63, 3.8) is 0 Å². The minimum absolute atomic E-state index is 0.149. The van der Waals surface area contributed by atoms with Crippen molar-refractivity contribution in [2.75, 3.05) is 32.1 Å². The summed E-state index contributed by atoms with van der Waals surface area (Å²) in [6, 6.07) is 5.55. The van der Waals surface area contributed by atoms with E-state index in [1.165, 1.54) is 0 Å². The first-order chi connectivity index (χ1) is 17.3. The van der Waals surface area contributed by atoms with Gasteiger partial charge in [-0.25, -0.2) is 9.97 Å². The van der Waals surface area contributed by atoms with E-state index in [0.717, 1.165) is 41.2 Å². The van der Waals surface area contributed by atoms with Crippen molar-refractivity contribution in [3.8, 4) is 28.4 Å². The number of halogens is 1. The monoisotopic (exact) mass is 515 g/mol. The Morgan fingerprint density at radius 3 is 2.75 bits per heavy atom. The Bertz CT molecular complexity index is 1180. The number of benzene rings is 1. The number of rotatable bonds is 9. The van der Waals surface area contributed by atoms with Crippen molar-refractivity contribution >= 4 is 17.4 Å². The van der Waals surface area contributed by atoms with Crippen molar-refractivity contribution in [3.05, 3.63) is 40.2 Å². The summed E-state index contributed by atoms with van der Waals surface area (Å²) in [5, 5.41) is 21.2. The van der Waals surface area contributed by atoms with Crippen LogP contribution in [0.5, 0.6) is 5.75 Å². The van der Waals surface area contributed by atoms with Crippen molar-refractivity contribution in [2.45, 2.75) is 58.8 Å². The van der Waals surface area contributed by atoms with Crippen LogP contribution in [-0.2, 0) is 4.74 Å². The lowest BCUT2D eigenvalue weighted by atomic mass is 10.0. The van der Waals surface area contributed by atoms with Crippen LogP contribution >= 0.6 is 11.6 Å². The smallest absolute Gasteiger partial charge is 0.163 e. The van der Waals surface area contributed by atoms with Crippen LogP contribution in [-0.4, -0.2) is 65.3 Å². The normalized spacial score (nSPS) is 18.8. The van der Waals surface area contributed by atoms with Gasteiger partial charge in [0.1, 0.15) is 30.0 Å². The van der Waals surface area contributed by atoms with E-state index in [2.05, 4.69) is 22.7 Å². The maximum Gasteiger partial charge on any atom is 0.163 e. The lowest BCUT2D eigenvalue weighted by molar-refractivity contribution is 0.0231. The second-order valence-corrected chi connectivity index (χ2v) is 9.69. The molecule has 9 nitrogen and oxygen atoms in total. The van der Waals surface area contributed by atoms with Gasteiger partial charge in [0.05, 0.1) is 28.1 Å². The Balaban J connectivity index is 1.76. The molecule has 10 heteroatoms. The average molecular weight is 516 g/mol. The van der Waals surface area contributed by atoms with Gasteiger partial charge in [-0.2, -0.15) is 0 Å². The molecule has 1 aliphatic heterocycles. The third-order valence-corrected chi connectivity index (χ3v) is 6.63. The number of likely N-dealkylation sites (N-methyl/N-ethyl adjacent to an activating group) is 1. The van der Waals surface area contributed by atoms with Crippen molar-refractivity contribution < 1.29 is 19.1 Å². The summed E-state index contributed by atoms with van der Waals surface area (Å²) in [7, 11) is 1.78. The van der Waals surface area contributed by atoms with E-state index in [9.17, 15) is 5.11 Å². The maximum atomic E-state index is 10.0. The molecule has 2 aromatic heterocycles. The fourth-order valence-corrected chi connectivity index (χ4v) is 4.62. The molecule has 3 atom stereocenters. The van der Waals surface area contributed by atoms with E-state index >= 15 is 0 Å². The molecule has 1 fully saturated rings. The molecular formula is C26H34ClN5O4. The van der Waals surface area contributed by atoms with Crippen molar-refractivity contribution in [2.24, 2.45) is 0 Å². The lowest BCUT2D eigenvalue weighted by Gasteiger charge is -2.29. The number of nitrogens with zero attached hydrogens (tertiary/aromatic N) is 3. The van der Waals surface area contributed by atoms with Crippen LogP contribution < -0.4 is 15.4 Å². The Hall–Kier alpha value is -2.72. The third-order valence-electron chi connectivity index (χ3n) is 6.30. The van der Waals surface area contributed by atoms with E-state index in [1.807, 2.05) is 20.8 Å². The molecule has 0 amide bonds.